The van der Waals surface area contributed by atoms with Crippen LogP contribution in [-0.4, -0.2) is 20.8 Å². The third-order valence-electron chi connectivity index (χ3n) is 3.02. The maximum absolute atomic E-state index is 11.7. The summed E-state index contributed by atoms with van der Waals surface area (Å²) in [6.45, 7) is 0. The molecular weight excluding hydrogens is 190 g/mol. The zero-order valence-electron chi connectivity index (χ0n) is 9.15. The molecule has 82 valence electrons. The molecule has 0 radical (unpaired) electrons. The van der Waals surface area contributed by atoms with Gasteiger partial charge in [-0.3, -0.25) is 9.48 Å². The standard InChI is InChI=1S/C11H17N3O/c1-14-8-10(12-13-14)7-11(15)6-9-4-2-3-5-9/h8-9H,2-7H2,1H3. The molecule has 1 fully saturated rings. The minimum absolute atomic E-state index is 0.308. The summed E-state index contributed by atoms with van der Waals surface area (Å²) < 4.78 is 1.64. The highest BCUT2D eigenvalue weighted by Gasteiger charge is 2.18. The summed E-state index contributed by atoms with van der Waals surface area (Å²) in [5, 5.41) is 7.74. The third kappa shape index (κ3) is 2.88. The van der Waals surface area contributed by atoms with Gasteiger partial charge < -0.3 is 0 Å². The number of hydrogen-bond donors (Lipinski definition) is 0. The third-order valence-corrected chi connectivity index (χ3v) is 3.02. The molecule has 4 heteroatoms. The van der Waals surface area contributed by atoms with Crippen molar-refractivity contribution in [2.45, 2.75) is 38.5 Å². The monoisotopic (exact) mass is 207 g/mol. The van der Waals surface area contributed by atoms with Crippen LogP contribution in [-0.2, 0) is 18.3 Å². The van der Waals surface area contributed by atoms with Crippen molar-refractivity contribution in [1.29, 1.82) is 0 Å². The molecule has 0 atom stereocenters. The first-order valence-corrected chi connectivity index (χ1v) is 5.61. The molecule has 0 aliphatic heterocycles. The van der Waals surface area contributed by atoms with E-state index in [1.54, 1.807) is 4.68 Å². The van der Waals surface area contributed by atoms with E-state index in [9.17, 15) is 4.79 Å². The van der Waals surface area contributed by atoms with Gasteiger partial charge in [-0.05, 0) is 5.92 Å². The highest BCUT2D eigenvalue weighted by Crippen LogP contribution is 2.27. The Kier molecular flexibility index (Phi) is 3.14. The smallest absolute Gasteiger partial charge is 0.139 e. The van der Waals surface area contributed by atoms with Crippen LogP contribution in [0.3, 0.4) is 0 Å². The Bertz CT molecular complexity index is 339. The van der Waals surface area contributed by atoms with E-state index in [4.69, 9.17) is 0 Å². The van der Waals surface area contributed by atoms with Crippen LogP contribution in [0.15, 0.2) is 6.20 Å². The Balaban J connectivity index is 1.81. The van der Waals surface area contributed by atoms with Gasteiger partial charge in [-0.25, -0.2) is 0 Å². The lowest BCUT2D eigenvalue weighted by Gasteiger charge is -2.05. The maximum atomic E-state index is 11.7. The molecule has 0 saturated heterocycles. The van der Waals surface area contributed by atoms with Gasteiger partial charge in [-0.2, -0.15) is 0 Å². The fourth-order valence-electron chi connectivity index (χ4n) is 2.29. The van der Waals surface area contributed by atoms with E-state index in [0.717, 1.165) is 12.1 Å². The second kappa shape index (κ2) is 4.55. The Labute approximate surface area is 89.7 Å². The predicted octanol–water partition coefficient (Wildman–Crippen LogP) is 1.51. The van der Waals surface area contributed by atoms with Gasteiger partial charge in [0.05, 0.1) is 12.1 Å². The number of rotatable bonds is 4. The number of Topliss-reactive ketones (excluding diaryl/α,β-unsaturated/α-hetero) is 1. The summed E-state index contributed by atoms with van der Waals surface area (Å²) in [7, 11) is 1.82. The van der Waals surface area contributed by atoms with E-state index in [1.807, 2.05) is 13.2 Å². The van der Waals surface area contributed by atoms with Crippen molar-refractivity contribution < 1.29 is 4.79 Å². The van der Waals surface area contributed by atoms with Crippen LogP contribution >= 0.6 is 0 Å². The van der Waals surface area contributed by atoms with Gasteiger partial charge in [0.25, 0.3) is 0 Å². The molecule has 0 bridgehead atoms. The topological polar surface area (TPSA) is 47.8 Å². The van der Waals surface area contributed by atoms with Crippen LogP contribution in [0, 0.1) is 5.92 Å². The fraction of sp³-hybridized carbons (Fsp3) is 0.727. The second-order valence-electron chi connectivity index (χ2n) is 4.45. The first kappa shape index (κ1) is 10.3. The van der Waals surface area contributed by atoms with Gasteiger partial charge >= 0.3 is 0 Å². The first-order chi connectivity index (χ1) is 7.24. The molecule has 1 heterocycles. The van der Waals surface area contributed by atoms with Crippen LogP contribution in [0.1, 0.15) is 37.8 Å². The van der Waals surface area contributed by atoms with Crippen molar-refractivity contribution >= 4 is 5.78 Å². The summed E-state index contributed by atoms with van der Waals surface area (Å²) in [6, 6.07) is 0. The largest absolute Gasteiger partial charge is 0.299 e. The molecule has 0 aromatic carbocycles. The lowest BCUT2D eigenvalue weighted by atomic mass is 9.99. The lowest BCUT2D eigenvalue weighted by Crippen LogP contribution is -2.08. The van der Waals surface area contributed by atoms with E-state index in [1.165, 1.54) is 25.7 Å². The van der Waals surface area contributed by atoms with E-state index in [-0.39, 0.29) is 0 Å². The minimum atomic E-state index is 0.308. The number of aryl methyl sites for hydroxylation is 1. The van der Waals surface area contributed by atoms with Gasteiger partial charge in [0.15, 0.2) is 0 Å². The van der Waals surface area contributed by atoms with Gasteiger partial charge in [0, 0.05) is 19.7 Å². The average Bonchev–Trinajstić information content (AvgIpc) is 2.77. The van der Waals surface area contributed by atoms with Crippen LogP contribution in [0.5, 0.6) is 0 Å². The Morgan fingerprint density at radius 1 is 1.53 bits per heavy atom. The number of ketones is 1. The highest BCUT2D eigenvalue weighted by atomic mass is 16.1. The van der Waals surface area contributed by atoms with E-state index in [2.05, 4.69) is 10.3 Å². The van der Waals surface area contributed by atoms with Gasteiger partial charge in [-0.15, -0.1) is 5.10 Å². The molecule has 1 aliphatic rings. The number of aromatic nitrogens is 3. The Morgan fingerprint density at radius 2 is 2.27 bits per heavy atom. The van der Waals surface area contributed by atoms with E-state index < -0.39 is 0 Å². The maximum Gasteiger partial charge on any atom is 0.139 e. The molecule has 1 aromatic heterocycles. The van der Waals surface area contributed by atoms with Crippen molar-refractivity contribution in [2.24, 2.45) is 13.0 Å². The summed E-state index contributed by atoms with van der Waals surface area (Å²) >= 11 is 0. The number of carbonyl (C=O) groups excluding carboxylic acids is 1. The molecule has 0 amide bonds. The number of carbonyl (C=O) groups is 1. The molecule has 0 N–H and O–H groups in total. The molecule has 1 aromatic rings. The predicted molar refractivity (Wildman–Crippen MR) is 56.3 cm³/mol. The molecule has 1 aliphatic carbocycles. The van der Waals surface area contributed by atoms with Crippen LogP contribution in [0.4, 0.5) is 0 Å². The summed E-state index contributed by atoms with van der Waals surface area (Å²) in [6.07, 6.45) is 8.04. The quantitative estimate of drug-likeness (QED) is 0.751. The molecular formula is C11H17N3O. The Hall–Kier alpha value is -1.19. The zero-order valence-corrected chi connectivity index (χ0v) is 9.15. The zero-order chi connectivity index (χ0) is 10.7. The van der Waals surface area contributed by atoms with Gasteiger partial charge in [-0.1, -0.05) is 30.9 Å². The normalized spacial score (nSPS) is 17.1. The average molecular weight is 207 g/mol. The lowest BCUT2D eigenvalue weighted by molar-refractivity contribution is -0.119. The molecule has 1 saturated carbocycles. The minimum Gasteiger partial charge on any atom is -0.299 e. The molecule has 0 unspecified atom stereocenters. The summed E-state index contributed by atoms with van der Waals surface area (Å²) in [5.74, 6) is 0.941. The summed E-state index contributed by atoms with van der Waals surface area (Å²) in [4.78, 5) is 11.7. The van der Waals surface area contributed by atoms with Crippen molar-refractivity contribution in [3.8, 4) is 0 Å². The number of hydrogen-bond acceptors (Lipinski definition) is 3. The van der Waals surface area contributed by atoms with Gasteiger partial charge in [0.2, 0.25) is 0 Å². The van der Waals surface area contributed by atoms with E-state index in [0.29, 0.717) is 18.1 Å². The Morgan fingerprint density at radius 3 is 2.87 bits per heavy atom. The van der Waals surface area contributed by atoms with Crippen LogP contribution in [0.25, 0.3) is 0 Å². The van der Waals surface area contributed by atoms with Crippen molar-refractivity contribution in [1.82, 2.24) is 15.0 Å². The van der Waals surface area contributed by atoms with Crippen LogP contribution < -0.4 is 0 Å². The van der Waals surface area contributed by atoms with Crippen molar-refractivity contribution in [3.63, 3.8) is 0 Å². The molecule has 2 rings (SSSR count). The second-order valence-corrected chi connectivity index (χ2v) is 4.45. The summed E-state index contributed by atoms with van der Waals surface area (Å²) in [5.41, 5.74) is 0.792. The molecule has 15 heavy (non-hydrogen) atoms. The van der Waals surface area contributed by atoms with Crippen molar-refractivity contribution in [3.05, 3.63) is 11.9 Å². The molecule has 4 nitrogen and oxygen atoms in total. The van der Waals surface area contributed by atoms with Crippen LogP contribution in [0.2, 0.25) is 0 Å². The highest BCUT2D eigenvalue weighted by molar-refractivity contribution is 5.80. The number of nitrogens with zero attached hydrogens (tertiary/aromatic N) is 3. The van der Waals surface area contributed by atoms with Gasteiger partial charge in [0.1, 0.15) is 5.78 Å². The molecule has 0 spiro atoms. The first-order valence-electron chi connectivity index (χ1n) is 5.61. The van der Waals surface area contributed by atoms with Crippen molar-refractivity contribution in [2.75, 3.05) is 0 Å². The SMILES string of the molecule is Cn1cc(CC(=O)CC2CCCC2)nn1. The fourth-order valence-corrected chi connectivity index (χ4v) is 2.29. The van der Waals surface area contributed by atoms with E-state index >= 15 is 0 Å².